The van der Waals surface area contributed by atoms with E-state index in [4.69, 9.17) is 0 Å². The van der Waals surface area contributed by atoms with Gasteiger partial charge < -0.3 is 5.11 Å². The minimum absolute atomic E-state index is 0.712. The largest absolute Gasteiger partial charge is 0.380 e. The van der Waals surface area contributed by atoms with E-state index in [1.165, 1.54) is 0 Å². The van der Waals surface area contributed by atoms with Gasteiger partial charge in [0.25, 0.3) is 0 Å². The van der Waals surface area contributed by atoms with Gasteiger partial charge in [-0.3, -0.25) is 0 Å². The molecular formula is C7H16OS. The molecule has 1 unspecified atom stereocenters. The van der Waals surface area contributed by atoms with Gasteiger partial charge in [-0.1, -0.05) is 20.3 Å². The summed E-state index contributed by atoms with van der Waals surface area (Å²) >= 11 is 4.08. The third kappa shape index (κ3) is 4.79. The molecule has 0 aliphatic heterocycles. The van der Waals surface area contributed by atoms with Crippen molar-refractivity contribution in [2.75, 3.05) is 0 Å². The molecule has 1 N–H and O–H groups in total. The summed E-state index contributed by atoms with van der Waals surface area (Å²) in [6.07, 6.45) is 3.73. The summed E-state index contributed by atoms with van der Waals surface area (Å²) in [4.78, 5) is -0.712. The fourth-order valence-corrected chi connectivity index (χ4v) is 0.795. The van der Waals surface area contributed by atoms with Crippen molar-refractivity contribution in [3.8, 4) is 0 Å². The van der Waals surface area contributed by atoms with Crippen molar-refractivity contribution in [1.29, 1.82) is 0 Å². The predicted molar refractivity (Wildman–Crippen MR) is 43.8 cm³/mol. The number of aliphatic hydroxyl groups is 1. The van der Waals surface area contributed by atoms with Gasteiger partial charge >= 0.3 is 0 Å². The molecule has 0 radical (unpaired) electrons. The van der Waals surface area contributed by atoms with Gasteiger partial charge in [-0.15, -0.1) is 12.6 Å². The first-order chi connectivity index (χ1) is 4.12. The van der Waals surface area contributed by atoms with Crippen molar-refractivity contribution >= 4 is 12.6 Å². The molecule has 0 saturated heterocycles. The van der Waals surface area contributed by atoms with Crippen LogP contribution in [0.3, 0.4) is 0 Å². The van der Waals surface area contributed by atoms with Gasteiger partial charge in [0.1, 0.15) is 4.93 Å². The van der Waals surface area contributed by atoms with E-state index in [1.807, 2.05) is 6.92 Å². The zero-order valence-corrected chi connectivity index (χ0v) is 7.12. The summed E-state index contributed by atoms with van der Waals surface area (Å²) < 4.78 is 0. The van der Waals surface area contributed by atoms with Crippen LogP contribution >= 0.6 is 12.6 Å². The van der Waals surface area contributed by atoms with Crippen molar-refractivity contribution < 1.29 is 5.11 Å². The Morgan fingerprint density at radius 2 is 2.00 bits per heavy atom. The fraction of sp³-hybridized carbons (Fsp3) is 1.00. The Labute approximate surface area is 62.9 Å². The number of unbranched alkanes of at least 4 members (excludes halogenated alkanes) is 1. The zero-order chi connectivity index (χ0) is 7.33. The third-order valence-electron chi connectivity index (χ3n) is 1.50. The predicted octanol–water partition coefficient (Wildman–Crippen LogP) is 2.21. The van der Waals surface area contributed by atoms with Crippen molar-refractivity contribution in [1.82, 2.24) is 0 Å². The Balaban J connectivity index is 3.33. The summed E-state index contributed by atoms with van der Waals surface area (Å²) in [5, 5.41) is 9.32. The van der Waals surface area contributed by atoms with E-state index in [1.54, 1.807) is 0 Å². The number of thiol groups is 1. The van der Waals surface area contributed by atoms with Crippen LogP contribution in [0.2, 0.25) is 0 Å². The lowest BCUT2D eigenvalue weighted by atomic mass is 10.1. The normalized spacial score (nSPS) is 17.3. The lowest BCUT2D eigenvalue weighted by molar-refractivity contribution is 0.123. The maximum Gasteiger partial charge on any atom is 0.107 e. The Morgan fingerprint density at radius 3 is 2.33 bits per heavy atom. The van der Waals surface area contributed by atoms with Gasteiger partial charge in [0, 0.05) is 0 Å². The summed E-state index contributed by atoms with van der Waals surface area (Å²) in [5.41, 5.74) is 0. The van der Waals surface area contributed by atoms with Crippen LogP contribution in [0, 0.1) is 0 Å². The molecule has 0 amide bonds. The Bertz CT molecular complexity index is 71.3. The molecule has 0 aliphatic carbocycles. The summed E-state index contributed by atoms with van der Waals surface area (Å²) in [6, 6.07) is 0. The molecule has 0 bridgehead atoms. The monoisotopic (exact) mass is 148 g/mol. The van der Waals surface area contributed by atoms with Crippen LogP contribution in [-0.4, -0.2) is 10.0 Å². The van der Waals surface area contributed by atoms with Crippen LogP contribution in [0.4, 0.5) is 0 Å². The highest BCUT2D eigenvalue weighted by atomic mass is 32.1. The van der Waals surface area contributed by atoms with Crippen molar-refractivity contribution in [2.24, 2.45) is 0 Å². The summed E-state index contributed by atoms with van der Waals surface area (Å²) in [7, 11) is 0. The van der Waals surface area contributed by atoms with Crippen molar-refractivity contribution in [2.45, 2.75) is 44.5 Å². The van der Waals surface area contributed by atoms with E-state index in [-0.39, 0.29) is 0 Å². The highest BCUT2D eigenvalue weighted by Crippen LogP contribution is 2.21. The van der Waals surface area contributed by atoms with E-state index < -0.39 is 4.93 Å². The molecule has 0 rings (SSSR count). The molecule has 0 saturated carbocycles. The fourth-order valence-electron chi connectivity index (χ4n) is 0.637. The lowest BCUT2D eigenvalue weighted by Gasteiger charge is -2.18. The first-order valence-electron chi connectivity index (χ1n) is 3.57. The van der Waals surface area contributed by atoms with E-state index in [2.05, 4.69) is 19.6 Å². The molecule has 1 atom stereocenters. The quantitative estimate of drug-likeness (QED) is 0.462. The average molecular weight is 148 g/mol. The third-order valence-corrected chi connectivity index (χ3v) is 2.04. The molecule has 9 heavy (non-hydrogen) atoms. The SMILES string of the molecule is CCCCC(O)(S)CC. The first-order valence-corrected chi connectivity index (χ1v) is 4.02. The number of hydrogen-bond donors (Lipinski definition) is 2. The van der Waals surface area contributed by atoms with Gasteiger partial charge in [0.15, 0.2) is 0 Å². The minimum atomic E-state index is -0.712. The van der Waals surface area contributed by atoms with Crippen LogP contribution < -0.4 is 0 Å². The molecule has 0 aromatic heterocycles. The van der Waals surface area contributed by atoms with Gasteiger partial charge in [-0.25, -0.2) is 0 Å². The maximum atomic E-state index is 9.32. The van der Waals surface area contributed by atoms with E-state index in [9.17, 15) is 5.11 Å². The zero-order valence-electron chi connectivity index (χ0n) is 6.22. The standard InChI is InChI=1S/C7H16OS/c1-3-5-6-7(8,9)4-2/h8-9H,3-6H2,1-2H3. The van der Waals surface area contributed by atoms with Gasteiger partial charge in [-0.05, 0) is 19.3 Å². The summed E-state index contributed by atoms with van der Waals surface area (Å²) in [5.74, 6) is 0. The molecule has 56 valence electrons. The molecule has 2 heteroatoms. The molecule has 0 heterocycles. The Hall–Kier alpha value is 0.310. The van der Waals surface area contributed by atoms with E-state index >= 15 is 0 Å². The number of rotatable bonds is 4. The highest BCUT2D eigenvalue weighted by Gasteiger charge is 2.16. The topological polar surface area (TPSA) is 20.2 Å². The molecule has 0 spiro atoms. The van der Waals surface area contributed by atoms with Crippen molar-refractivity contribution in [3.05, 3.63) is 0 Å². The smallest absolute Gasteiger partial charge is 0.107 e. The number of hydrogen-bond acceptors (Lipinski definition) is 2. The van der Waals surface area contributed by atoms with Crippen LogP contribution in [0.25, 0.3) is 0 Å². The van der Waals surface area contributed by atoms with Crippen LogP contribution in [-0.2, 0) is 0 Å². The van der Waals surface area contributed by atoms with Crippen LogP contribution in [0.5, 0.6) is 0 Å². The van der Waals surface area contributed by atoms with E-state index in [0.717, 1.165) is 25.7 Å². The minimum Gasteiger partial charge on any atom is -0.380 e. The molecule has 1 nitrogen and oxygen atoms in total. The molecule has 0 aromatic carbocycles. The second kappa shape index (κ2) is 4.18. The van der Waals surface area contributed by atoms with Gasteiger partial charge in [0.05, 0.1) is 0 Å². The Kier molecular flexibility index (Phi) is 4.32. The molecule has 0 aliphatic rings. The molecule has 0 aromatic rings. The Morgan fingerprint density at radius 1 is 1.44 bits per heavy atom. The average Bonchev–Trinajstić information content (AvgIpc) is 1.84. The van der Waals surface area contributed by atoms with Crippen molar-refractivity contribution in [3.63, 3.8) is 0 Å². The molecule has 0 fully saturated rings. The van der Waals surface area contributed by atoms with E-state index in [0.29, 0.717) is 0 Å². The second-order valence-corrected chi connectivity index (χ2v) is 3.27. The summed E-state index contributed by atoms with van der Waals surface area (Å²) in [6.45, 7) is 4.06. The lowest BCUT2D eigenvalue weighted by Crippen LogP contribution is -2.18. The van der Waals surface area contributed by atoms with Gasteiger partial charge in [-0.2, -0.15) is 0 Å². The van der Waals surface area contributed by atoms with Crippen LogP contribution in [0.1, 0.15) is 39.5 Å². The van der Waals surface area contributed by atoms with Crippen LogP contribution in [0.15, 0.2) is 0 Å². The van der Waals surface area contributed by atoms with Gasteiger partial charge in [0.2, 0.25) is 0 Å². The maximum absolute atomic E-state index is 9.32. The second-order valence-electron chi connectivity index (χ2n) is 2.44. The highest BCUT2D eigenvalue weighted by molar-refractivity contribution is 7.81. The first kappa shape index (κ1) is 9.31. The molecular weight excluding hydrogens is 132 g/mol.